The van der Waals surface area contributed by atoms with Crippen molar-refractivity contribution in [1.29, 1.82) is 0 Å². The number of hydrogen-bond donors (Lipinski definition) is 0. The molecular weight excluding hydrogens is 326 g/mol. The molecule has 0 amide bonds. The first-order chi connectivity index (χ1) is 10.1. The molecule has 3 rings (SSSR count). The van der Waals surface area contributed by atoms with Crippen LogP contribution >= 0.6 is 34.7 Å². The number of carbonyl (C=O) groups is 1. The lowest BCUT2D eigenvalue weighted by Gasteiger charge is -2.03. The van der Waals surface area contributed by atoms with Crippen LogP contribution in [0.5, 0.6) is 0 Å². The molecule has 0 aliphatic heterocycles. The summed E-state index contributed by atoms with van der Waals surface area (Å²) < 4.78 is 0. The number of aryl methyl sites for hydroxylation is 1. The summed E-state index contributed by atoms with van der Waals surface area (Å²) in [5.74, 6) is 0. The molecule has 0 bridgehead atoms. The topological polar surface area (TPSA) is 55.7 Å². The fourth-order valence-corrected chi connectivity index (χ4v) is 3.63. The van der Waals surface area contributed by atoms with Crippen LogP contribution in [0.1, 0.15) is 15.9 Å². The molecule has 0 fully saturated rings. The molecule has 1 aromatic carbocycles. The number of thiazole rings is 1. The van der Waals surface area contributed by atoms with Crippen molar-refractivity contribution in [2.75, 3.05) is 6.26 Å². The highest BCUT2D eigenvalue weighted by Crippen LogP contribution is 2.34. The summed E-state index contributed by atoms with van der Waals surface area (Å²) in [7, 11) is 0. The highest BCUT2D eigenvalue weighted by atomic mass is 35.5. The Morgan fingerprint density at radius 1 is 1.33 bits per heavy atom. The van der Waals surface area contributed by atoms with Gasteiger partial charge in [0.05, 0.1) is 0 Å². The SMILES string of the molecule is CSc1ncnc2sc(-c3cc(C(=O)Cl)ccc3C)nc12. The van der Waals surface area contributed by atoms with E-state index in [2.05, 4.69) is 15.0 Å². The first kappa shape index (κ1) is 14.4. The Balaban J connectivity index is 2.21. The maximum atomic E-state index is 11.3. The van der Waals surface area contributed by atoms with Gasteiger partial charge >= 0.3 is 0 Å². The molecule has 0 saturated heterocycles. The third kappa shape index (κ3) is 2.66. The Labute approximate surface area is 134 Å². The summed E-state index contributed by atoms with van der Waals surface area (Å²) in [4.78, 5) is 25.3. The Hall–Kier alpha value is -1.50. The largest absolute Gasteiger partial charge is 0.276 e. The number of benzene rings is 1. The molecule has 3 aromatic rings. The van der Waals surface area contributed by atoms with E-state index < -0.39 is 5.24 Å². The van der Waals surface area contributed by atoms with Gasteiger partial charge in [-0.1, -0.05) is 17.4 Å². The van der Waals surface area contributed by atoms with E-state index in [1.54, 1.807) is 18.5 Å². The molecule has 21 heavy (non-hydrogen) atoms. The summed E-state index contributed by atoms with van der Waals surface area (Å²) in [6.45, 7) is 1.98. The quantitative estimate of drug-likeness (QED) is 0.408. The van der Waals surface area contributed by atoms with Crippen LogP contribution < -0.4 is 0 Å². The molecule has 106 valence electrons. The van der Waals surface area contributed by atoms with Crippen LogP contribution in [0.4, 0.5) is 0 Å². The van der Waals surface area contributed by atoms with Crippen molar-refractivity contribution >= 4 is 50.3 Å². The molecule has 0 aliphatic rings. The summed E-state index contributed by atoms with van der Waals surface area (Å²) in [6, 6.07) is 5.36. The lowest BCUT2D eigenvalue weighted by molar-refractivity contribution is 0.108. The van der Waals surface area contributed by atoms with E-state index >= 15 is 0 Å². The highest BCUT2D eigenvalue weighted by Gasteiger charge is 2.14. The van der Waals surface area contributed by atoms with E-state index in [1.165, 1.54) is 23.1 Å². The Morgan fingerprint density at radius 3 is 2.86 bits per heavy atom. The van der Waals surface area contributed by atoms with Crippen molar-refractivity contribution in [3.63, 3.8) is 0 Å². The standard InChI is InChI=1S/C14H10ClN3OS2/c1-7-3-4-8(11(15)19)5-9(7)12-18-10-13(20-2)16-6-17-14(10)21-12/h3-6H,1-2H3. The summed E-state index contributed by atoms with van der Waals surface area (Å²) in [5, 5.41) is 1.20. The monoisotopic (exact) mass is 335 g/mol. The number of carbonyl (C=O) groups excluding carboxylic acids is 1. The average Bonchev–Trinajstić information content (AvgIpc) is 2.90. The predicted octanol–water partition coefficient (Wildman–Crippen LogP) is 4.16. The van der Waals surface area contributed by atoms with Gasteiger partial charge in [-0.15, -0.1) is 11.8 Å². The zero-order valence-electron chi connectivity index (χ0n) is 11.3. The van der Waals surface area contributed by atoms with Crippen LogP contribution in [-0.2, 0) is 0 Å². The van der Waals surface area contributed by atoms with E-state index in [0.29, 0.717) is 5.56 Å². The van der Waals surface area contributed by atoms with E-state index in [1.807, 2.05) is 19.2 Å². The van der Waals surface area contributed by atoms with Gasteiger partial charge in [0, 0.05) is 11.1 Å². The summed E-state index contributed by atoms with van der Waals surface area (Å²) in [6.07, 6.45) is 3.50. The maximum absolute atomic E-state index is 11.3. The van der Waals surface area contributed by atoms with Gasteiger partial charge in [-0.25, -0.2) is 15.0 Å². The molecule has 0 aliphatic carbocycles. The fraction of sp³-hybridized carbons (Fsp3) is 0.143. The lowest BCUT2D eigenvalue weighted by atomic mass is 10.1. The predicted molar refractivity (Wildman–Crippen MR) is 87.3 cm³/mol. The summed E-state index contributed by atoms with van der Waals surface area (Å²) >= 11 is 8.58. The second-order valence-corrected chi connectivity index (χ2v) is 6.47. The molecule has 0 saturated carbocycles. The first-order valence-corrected chi connectivity index (χ1v) is 8.48. The highest BCUT2D eigenvalue weighted by molar-refractivity contribution is 7.98. The maximum Gasteiger partial charge on any atom is 0.252 e. The second-order valence-electron chi connectivity index (χ2n) is 4.36. The first-order valence-electron chi connectivity index (χ1n) is 6.06. The zero-order chi connectivity index (χ0) is 15.0. The third-order valence-electron chi connectivity index (χ3n) is 3.05. The number of nitrogens with zero attached hydrogens (tertiary/aromatic N) is 3. The van der Waals surface area contributed by atoms with Crippen LogP contribution in [0.3, 0.4) is 0 Å². The van der Waals surface area contributed by atoms with E-state index in [9.17, 15) is 4.79 Å². The minimum atomic E-state index is -0.470. The van der Waals surface area contributed by atoms with Crippen molar-refractivity contribution in [2.24, 2.45) is 0 Å². The van der Waals surface area contributed by atoms with Crippen LogP contribution in [-0.4, -0.2) is 26.5 Å². The van der Waals surface area contributed by atoms with Crippen molar-refractivity contribution in [2.45, 2.75) is 11.9 Å². The molecule has 0 spiro atoms. The number of thioether (sulfide) groups is 1. The smallest absolute Gasteiger partial charge is 0.252 e. The van der Waals surface area contributed by atoms with Gasteiger partial charge in [-0.3, -0.25) is 4.79 Å². The minimum Gasteiger partial charge on any atom is -0.276 e. The molecular formula is C14H10ClN3OS2. The van der Waals surface area contributed by atoms with Crippen molar-refractivity contribution < 1.29 is 4.79 Å². The number of fused-ring (bicyclic) bond motifs is 1. The van der Waals surface area contributed by atoms with Crippen LogP contribution in [0.25, 0.3) is 20.9 Å². The Kier molecular flexibility index (Phi) is 3.93. The lowest BCUT2D eigenvalue weighted by Crippen LogP contribution is -1.91. The molecule has 2 aromatic heterocycles. The van der Waals surface area contributed by atoms with E-state index in [-0.39, 0.29) is 0 Å². The average molecular weight is 336 g/mol. The zero-order valence-corrected chi connectivity index (χ0v) is 13.6. The molecule has 0 N–H and O–H groups in total. The number of rotatable bonds is 3. The van der Waals surface area contributed by atoms with Crippen LogP contribution in [0.15, 0.2) is 29.6 Å². The third-order valence-corrected chi connectivity index (χ3v) is 4.95. The molecule has 4 nitrogen and oxygen atoms in total. The van der Waals surface area contributed by atoms with Gasteiger partial charge in [0.15, 0.2) is 0 Å². The normalized spacial score (nSPS) is 11.0. The van der Waals surface area contributed by atoms with Gasteiger partial charge in [0.25, 0.3) is 5.24 Å². The number of hydrogen-bond acceptors (Lipinski definition) is 6. The molecule has 0 unspecified atom stereocenters. The van der Waals surface area contributed by atoms with Gasteiger partial charge in [-0.2, -0.15) is 0 Å². The van der Waals surface area contributed by atoms with Crippen molar-refractivity contribution in [1.82, 2.24) is 15.0 Å². The minimum absolute atomic E-state index is 0.465. The van der Waals surface area contributed by atoms with E-state index in [0.717, 1.165) is 31.5 Å². The van der Waals surface area contributed by atoms with Crippen LogP contribution in [0.2, 0.25) is 0 Å². The Morgan fingerprint density at radius 2 is 2.14 bits per heavy atom. The Bertz CT molecular complexity index is 847. The number of aromatic nitrogens is 3. The van der Waals surface area contributed by atoms with E-state index in [4.69, 9.17) is 11.6 Å². The summed E-state index contributed by atoms with van der Waals surface area (Å²) in [5.41, 5.74) is 3.20. The van der Waals surface area contributed by atoms with Crippen LogP contribution in [0, 0.1) is 6.92 Å². The molecule has 0 radical (unpaired) electrons. The molecule has 7 heteroatoms. The fourth-order valence-electron chi connectivity index (χ4n) is 1.97. The number of halogens is 1. The van der Waals surface area contributed by atoms with Gasteiger partial charge in [-0.05, 0) is 42.5 Å². The van der Waals surface area contributed by atoms with Gasteiger partial charge in [0.1, 0.15) is 26.7 Å². The molecule has 2 heterocycles. The molecule has 0 atom stereocenters. The van der Waals surface area contributed by atoms with Gasteiger partial charge in [0.2, 0.25) is 0 Å². The van der Waals surface area contributed by atoms with Crippen molar-refractivity contribution in [3.8, 4) is 10.6 Å². The second kappa shape index (κ2) is 5.71. The van der Waals surface area contributed by atoms with Crippen molar-refractivity contribution in [3.05, 3.63) is 35.7 Å². The van der Waals surface area contributed by atoms with Gasteiger partial charge < -0.3 is 0 Å².